The van der Waals surface area contributed by atoms with E-state index in [4.69, 9.17) is 0 Å². The zero-order valence-electron chi connectivity index (χ0n) is 50.0. The molecule has 10 heteroatoms. The summed E-state index contributed by atoms with van der Waals surface area (Å²) in [6.45, 7) is 9.06. The summed E-state index contributed by atoms with van der Waals surface area (Å²) < 4.78 is 1.43. The van der Waals surface area contributed by atoms with Crippen molar-refractivity contribution >= 4 is 75.7 Å². The molecule has 0 saturated carbocycles. The van der Waals surface area contributed by atoms with E-state index in [2.05, 4.69) is 27.7 Å². The van der Waals surface area contributed by atoms with Crippen molar-refractivity contribution in [3.8, 4) is 0 Å². The molecule has 0 aliphatic heterocycles. The van der Waals surface area contributed by atoms with Crippen molar-refractivity contribution in [3.63, 3.8) is 0 Å². The molecule has 0 atom stereocenters. The first-order valence-electron chi connectivity index (χ1n) is 32.2. The van der Waals surface area contributed by atoms with E-state index in [0.717, 1.165) is 36.5 Å². The third-order valence-corrected chi connectivity index (χ3v) is 17.7. The van der Waals surface area contributed by atoms with E-state index in [-0.39, 0.29) is 17.3 Å². The van der Waals surface area contributed by atoms with Crippen molar-refractivity contribution in [1.29, 1.82) is 0 Å². The topological polar surface area (TPSA) is 120 Å². The number of rotatable bonds is 59. The van der Waals surface area contributed by atoms with Crippen LogP contribution in [0.3, 0.4) is 0 Å². The molecule has 0 N–H and O–H groups in total. The molecule has 0 radical (unpaired) electrons. The van der Waals surface area contributed by atoms with E-state index < -0.39 is 17.9 Å². The van der Waals surface area contributed by atoms with E-state index in [1.165, 1.54) is 342 Å². The quantitative estimate of drug-likeness (QED) is 0.0433. The molecular formula is C64H126O6S3Sn. The number of aliphatic carboxylic acids is 3. The number of carboxylic acids is 3. The Bertz CT molecular complexity index is 903. The number of carboxylic acid groups (broad SMARTS) is 3. The predicted molar refractivity (Wildman–Crippen MR) is 331 cm³/mol. The maximum absolute atomic E-state index is 10.2. The van der Waals surface area contributed by atoms with Crippen molar-refractivity contribution in [2.45, 2.75) is 353 Å². The van der Waals surface area contributed by atoms with Gasteiger partial charge in [0.05, 0.1) is 17.9 Å². The first-order valence-corrected chi connectivity index (χ1v) is 37.7. The third-order valence-electron chi connectivity index (χ3n) is 13.6. The van der Waals surface area contributed by atoms with Crippen molar-refractivity contribution in [1.82, 2.24) is 0 Å². The second-order valence-electron chi connectivity index (χ2n) is 21.3. The molecule has 0 aliphatic rings. The van der Waals surface area contributed by atoms with Gasteiger partial charge in [0.15, 0.2) is 0 Å². The SMILES string of the molecule is CCCCCCCCCCCCCCCCCCSCC(=O)[O-].CCCCCCCCCCCCCCCCCCSCC(=O)[O-].CCCCCCCCCCCCCCCCCCSCC(=O)[O-].CCC[CH2][Sn+3]. The second kappa shape index (κ2) is 79.7. The van der Waals surface area contributed by atoms with Crippen LogP contribution in [0.2, 0.25) is 4.44 Å². The van der Waals surface area contributed by atoms with Crippen molar-refractivity contribution in [2.75, 3.05) is 34.5 Å². The average molecular weight is 1210 g/mol. The Morgan fingerprint density at radius 2 is 0.378 bits per heavy atom. The molecule has 0 heterocycles. The fourth-order valence-corrected chi connectivity index (χ4v) is 12.1. The summed E-state index contributed by atoms with van der Waals surface area (Å²) in [6, 6.07) is 0. The normalized spacial score (nSPS) is 10.8. The van der Waals surface area contributed by atoms with Gasteiger partial charge >= 0.3 is 46.7 Å². The Morgan fingerprint density at radius 1 is 0.243 bits per heavy atom. The number of carbonyl (C=O) groups excluding carboxylic acids is 3. The van der Waals surface area contributed by atoms with E-state index in [0.29, 0.717) is 0 Å². The molecule has 0 aromatic carbocycles. The molecule has 0 unspecified atom stereocenters. The molecule has 0 aliphatic carbocycles. The van der Waals surface area contributed by atoms with Crippen LogP contribution in [0, 0.1) is 0 Å². The van der Waals surface area contributed by atoms with Crippen LogP contribution in [0.15, 0.2) is 0 Å². The van der Waals surface area contributed by atoms with Gasteiger partial charge in [0.25, 0.3) is 0 Å². The number of hydrogen-bond donors (Lipinski definition) is 0. The van der Waals surface area contributed by atoms with Gasteiger partial charge in [0.1, 0.15) is 0 Å². The van der Waals surface area contributed by atoms with Crippen LogP contribution >= 0.6 is 35.3 Å². The monoisotopic (exact) mass is 1210 g/mol. The number of thioether (sulfide) groups is 3. The number of carbonyl (C=O) groups is 3. The van der Waals surface area contributed by atoms with Crippen molar-refractivity contribution < 1.29 is 29.7 Å². The van der Waals surface area contributed by atoms with E-state index in [1.54, 1.807) is 22.5 Å². The number of hydrogen-bond acceptors (Lipinski definition) is 9. The van der Waals surface area contributed by atoms with Crippen molar-refractivity contribution in [3.05, 3.63) is 0 Å². The minimum absolute atomic E-state index is 0.152. The Morgan fingerprint density at radius 3 is 0.486 bits per heavy atom. The summed E-state index contributed by atoms with van der Waals surface area (Å²) in [5.41, 5.74) is 0. The van der Waals surface area contributed by atoms with Crippen LogP contribution < -0.4 is 15.3 Å². The van der Waals surface area contributed by atoms with Crippen LogP contribution in [-0.4, -0.2) is 74.9 Å². The molecule has 0 spiro atoms. The van der Waals surface area contributed by atoms with Crippen LogP contribution in [0.4, 0.5) is 0 Å². The second-order valence-corrected chi connectivity index (χ2v) is 26.0. The van der Waals surface area contributed by atoms with Gasteiger partial charge in [-0.2, -0.15) is 35.3 Å². The predicted octanol–water partition coefficient (Wildman–Crippen LogP) is 18.6. The summed E-state index contributed by atoms with van der Waals surface area (Å²) in [5.74, 6) is 0.533. The molecule has 0 aromatic rings. The molecular weight excluding hydrogens is 1080 g/mol. The summed E-state index contributed by atoms with van der Waals surface area (Å²) in [5, 5.41) is 30.7. The Labute approximate surface area is 489 Å². The first kappa shape index (κ1) is 80.7. The van der Waals surface area contributed by atoms with Crippen LogP contribution in [0.25, 0.3) is 0 Å². The van der Waals surface area contributed by atoms with Gasteiger partial charge in [-0.3, -0.25) is 0 Å². The van der Waals surface area contributed by atoms with Gasteiger partial charge in [-0.1, -0.05) is 310 Å². The Kier molecular flexibility index (Phi) is 87.0. The average Bonchev–Trinajstić information content (AvgIpc) is 3.38. The van der Waals surface area contributed by atoms with Gasteiger partial charge in [0, 0.05) is 17.3 Å². The molecule has 74 heavy (non-hydrogen) atoms. The van der Waals surface area contributed by atoms with Crippen LogP contribution in [-0.2, 0) is 14.4 Å². The minimum atomic E-state index is -0.938. The summed E-state index contributed by atoms with van der Waals surface area (Å²) >= 11 is 6.14. The molecule has 0 saturated heterocycles. The van der Waals surface area contributed by atoms with Gasteiger partial charge in [-0.15, -0.1) is 0 Å². The van der Waals surface area contributed by atoms with Crippen LogP contribution in [0.1, 0.15) is 349 Å². The fourth-order valence-electron chi connectivity index (χ4n) is 8.90. The zero-order chi connectivity index (χ0) is 55.2. The van der Waals surface area contributed by atoms with E-state index >= 15 is 0 Å². The van der Waals surface area contributed by atoms with E-state index in [1.807, 2.05) is 0 Å². The van der Waals surface area contributed by atoms with Gasteiger partial charge in [-0.25, -0.2) is 0 Å². The standard InChI is InChI=1S/3C20H40O2S.C4H9.Sn/c3*1-2-3-4-5-6-7-8-9-10-11-12-13-14-15-16-17-18-23-19-20(21)22;1-3-4-2;/h3*2-19H2,1H3,(H,21,22);1,3-4H2,2H3;/q;;;;+3/p-3. The molecule has 0 aromatic heterocycles. The van der Waals surface area contributed by atoms with E-state index in [9.17, 15) is 29.7 Å². The molecule has 0 fully saturated rings. The van der Waals surface area contributed by atoms with Crippen LogP contribution in [0.5, 0.6) is 0 Å². The summed E-state index contributed by atoms with van der Waals surface area (Å²) in [4.78, 5) is 30.7. The molecule has 6 nitrogen and oxygen atoms in total. The zero-order valence-corrected chi connectivity index (χ0v) is 55.3. The van der Waals surface area contributed by atoms with Gasteiger partial charge in [0.2, 0.25) is 0 Å². The Balaban J connectivity index is -0.000000473. The Hall–Kier alpha value is 0.259. The summed E-state index contributed by atoms with van der Waals surface area (Å²) in [6.07, 6.45) is 69.0. The van der Waals surface area contributed by atoms with Gasteiger partial charge in [-0.05, 0) is 36.5 Å². The summed E-state index contributed by atoms with van der Waals surface area (Å²) in [7, 11) is 0. The maximum atomic E-state index is 10.2. The first-order chi connectivity index (χ1) is 36.2. The van der Waals surface area contributed by atoms with Crippen molar-refractivity contribution in [2.24, 2.45) is 0 Å². The third kappa shape index (κ3) is 94.7. The number of unbranched alkanes of at least 4 members (excludes halogenated alkanes) is 46. The fraction of sp³-hybridized carbons (Fsp3) is 0.953. The molecule has 440 valence electrons. The molecule has 0 amide bonds. The van der Waals surface area contributed by atoms with Gasteiger partial charge < -0.3 is 29.7 Å². The molecule has 0 bridgehead atoms. The molecule has 0 rings (SSSR count).